The van der Waals surface area contributed by atoms with Gasteiger partial charge in [-0.05, 0) is 43.3 Å². The van der Waals surface area contributed by atoms with Crippen LogP contribution in [0.2, 0.25) is 0 Å². The van der Waals surface area contributed by atoms with Crippen molar-refractivity contribution in [2.24, 2.45) is 0 Å². The second-order valence-corrected chi connectivity index (χ2v) is 5.42. The van der Waals surface area contributed by atoms with Crippen LogP contribution in [-0.2, 0) is 4.79 Å². The van der Waals surface area contributed by atoms with Gasteiger partial charge in [0.1, 0.15) is 17.2 Å². The van der Waals surface area contributed by atoms with Crippen molar-refractivity contribution < 1.29 is 14.3 Å². The predicted molar refractivity (Wildman–Crippen MR) is 96.1 cm³/mol. The lowest BCUT2D eigenvalue weighted by atomic mass is 10.3. The highest BCUT2D eigenvalue weighted by Crippen LogP contribution is 2.23. The molecule has 3 aromatic rings. The van der Waals surface area contributed by atoms with E-state index in [1.807, 2.05) is 55.5 Å². The molecule has 0 unspecified atom stereocenters. The Morgan fingerprint density at radius 1 is 0.960 bits per heavy atom. The third kappa shape index (κ3) is 5.07. The molecule has 0 radical (unpaired) electrons. The van der Waals surface area contributed by atoms with Crippen LogP contribution in [0.4, 0.5) is 5.69 Å². The number of ether oxygens (including phenoxy) is 2. The van der Waals surface area contributed by atoms with E-state index in [1.165, 1.54) is 0 Å². The molecule has 0 aliphatic carbocycles. The number of nitrogens with zero attached hydrogens (tertiary/aromatic N) is 1. The Morgan fingerprint density at radius 2 is 1.76 bits per heavy atom. The van der Waals surface area contributed by atoms with Crippen molar-refractivity contribution in [1.29, 1.82) is 0 Å². The van der Waals surface area contributed by atoms with E-state index < -0.39 is 0 Å². The molecule has 3 rings (SSSR count). The summed E-state index contributed by atoms with van der Waals surface area (Å²) in [7, 11) is 0. The number of carbonyl (C=O) groups is 1. The number of aromatic nitrogens is 1. The Bertz CT molecular complexity index is 833. The minimum absolute atomic E-state index is 0.0888. The van der Waals surface area contributed by atoms with Gasteiger partial charge in [-0.15, -0.1) is 0 Å². The number of carbonyl (C=O) groups excluding carboxylic acids is 1. The van der Waals surface area contributed by atoms with Gasteiger partial charge >= 0.3 is 0 Å². The lowest BCUT2D eigenvalue weighted by Gasteiger charge is -2.10. The number of hydrogen-bond donors (Lipinski definition) is 1. The molecule has 0 atom stereocenters. The van der Waals surface area contributed by atoms with E-state index in [0.29, 0.717) is 17.2 Å². The monoisotopic (exact) mass is 334 g/mol. The van der Waals surface area contributed by atoms with Crippen LogP contribution in [0.25, 0.3) is 0 Å². The summed E-state index contributed by atoms with van der Waals surface area (Å²) >= 11 is 0. The molecule has 0 bridgehead atoms. The average Bonchev–Trinajstić information content (AvgIpc) is 2.62. The molecule has 5 nitrogen and oxygen atoms in total. The average molecular weight is 334 g/mol. The second-order valence-electron chi connectivity index (χ2n) is 5.42. The quantitative estimate of drug-likeness (QED) is 0.734. The smallest absolute Gasteiger partial charge is 0.262 e. The van der Waals surface area contributed by atoms with Crippen LogP contribution >= 0.6 is 0 Å². The van der Waals surface area contributed by atoms with E-state index in [0.717, 1.165) is 11.4 Å². The third-order valence-corrected chi connectivity index (χ3v) is 3.35. The molecule has 5 heteroatoms. The molecule has 1 aromatic heterocycles. The summed E-state index contributed by atoms with van der Waals surface area (Å²) in [6.45, 7) is 1.80. The van der Waals surface area contributed by atoms with E-state index in [-0.39, 0.29) is 12.5 Å². The lowest BCUT2D eigenvalue weighted by Crippen LogP contribution is -2.20. The number of amides is 1. The first-order valence-corrected chi connectivity index (χ1v) is 7.87. The summed E-state index contributed by atoms with van der Waals surface area (Å²) in [5, 5.41) is 2.79. The number of aryl methyl sites for hydroxylation is 1. The maximum atomic E-state index is 12.0. The molecular weight excluding hydrogens is 316 g/mol. The van der Waals surface area contributed by atoms with E-state index in [9.17, 15) is 4.79 Å². The number of hydrogen-bond acceptors (Lipinski definition) is 4. The zero-order chi connectivity index (χ0) is 17.5. The maximum absolute atomic E-state index is 12.0. The fraction of sp³-hybridized carbons (Fsp3) is 0.100. The van der Waals surface area contributed by atoms with Gasteiger partial charge in [0, 0.05) is 17.4 Å². The van der Waals surface area contributed by atoms with E-state index in [4.69, 9.17) is 9.47 Å². The fourth-order valence-electron chi connectivity index (χ4n) is 2.15. The zero-order valence-electron chi connectivity index (χ0n) is 13.8. The van der Waals surface area contributed by atoms with Crippen molar-refractivity contribution in [3.8, 4) is 17.2 Å². The first-order valence-electron chi connectivity index (χ1n) is 7.87. The van der Waals surface area contributed by atoms with E-state index in [2.05, 4.69) is 10.3 Å². The molecule has 0 spiro atoms. The predicted octanol–water partition coefficient (Wildman–Crippen LogP) is 4.20. The third-order valence-electron chi connectivity index (χ3n) is 3.35. The Balaban J connectivity index is 1.56. The van der Waals surface area contributed by atoms with Crippen LogP contribution in [0.5, 0.6) is 17.2 Å². The highest BCUT2D eigenvalue weighted by molar-refractivity contribution is 5.92. The van der Waals surface area contributed by atoms with Gasteiger partial charge in [-0.25, -0.2) is 0 Å². The molecule has 1 heterocycles. The normalized spacial score (nSPS) is 10.1. The minimum atomic E-state index is -0.252. The number of para-hydroxylation sites is 1. The van der Waals surface area contributed by atoms with Gasteiger partial charge in [-0.1, -0.05) is 24.3 Å². The number of rotatable bonds is 6. The summed E-state index contributed by atoms with van der Waals surface area (Å²) in [6, 6.07) is 20.3. The van der Waals surface area contributed by atoms with Gasteiger partial charge in [-0.3, -0.25) is 9.78 Å². The summed E-state index contributed by atoms with van der Waals surface area (Å²) in [5.74, 6) is 1.69. The molecule has 0 saturated heterocycles. The molecule has 126 valence electrons. The molecule has 1 amide bonds. The van der Waals surface area contributed by atoms with Gasteiger partial charge < -0.3 is 14.8 Å². The van der Waals surface area contributed by atoms with Crippen molar-refractivity contribution >= 4 is 11.6 Å². The van der Waals surface area contributed by atoms with Gasteiger partial charge in [0.15, 0.2) is 6.61 Å². The van der Waals surface area contributed by atoms with Crippen LogP contribution in [0.3, 0.4) is 0 Å². The summed E-state index contributed by atoms with van der Waals surface area (Å²) in [6.07, 6.45) is 1.59. The Morgan fingerprint density at radius 3 is 2.52 bits per heavy atom. The van der Waals surface area contributed by atoms with Crippen LogP contribution in [0.1, 0.15) is 5.69 Å². The number of nitrogens with one attached hydrogen (secondary N) is 1. The van der Waals surface area contributed by atoms with Gasteiger partial charge in [0.25, 0.3) is 5.91 Å². The highest BCUT2D eigenvalue weighted by Gasteiger charge is 2.05. The van der Waals surface area contributed by atoms with Crippen molar-refractivity contribution in [2.75, 3.05) is 11.9 Å². The highest BCUT2D eigenvalue weighted by atomic mass is 16.5. The molecule has 1 N–H and O–H groups in total. The van der Waals surface area contributed by atoms with E-state index >= 15 is 0 Å². The maximum Gasteiger partial charge on any atom is 0.262 e. The number of benzene rings is 2. The van der Waals surface area contributed by atoms with Gasteiger partial charge in [-0.2, -0.15) is 0 Å². The minimum Gasteiger partial charge on any atom is -0.482 e. The van der Waals surface area contributed by atoms with Crippen molar-refractivity contribution in [3.05, 3.63) is 78.6 Å². The molecule has 25 heavy (non-hydrogen) atoms. The van der Waals surface area contributed by atoms with E-state index in [1.54, 1.807) is 24.4 Å². The Labute approximate surface area is 146 Å². The van der Waals surface area contributed by atoms with Crippen molar-refractivity contribution in [2.45, 2.75) is 6.92 Å². The molecular formula is C20H18N2O3. The Kier molecular flexibility index (Phi) is 5.26. The summed E-state index contributed by atoms with van der Waals surface area (Å²) in [5.41, 5.74) is 1.54. The summed E-state index contributed by atoms with van der Waals surface area (Å²) < 4.78 is 11.2. The van der Waals surface area contributed by atoms with Crippen LogP contribution < -0.4 is 14.8 Å². The van der Waals surface area contributed by atoms with Crippen LogP contribution in [0.15, 0.2) is 72.9 Å². The standard InChI is InChI=1S/C20H18N2O3/c1-15-10-11-19(13-21-15)24-14-20(23)22-16-6-5-9-18(12-16)25-17-7-3-2-4-8-17/h2-13H,14H2,1H3,(H,22,23). The molecule has 0 fully saturated rings. The molecule has 2 aromatic carbocycles. The SMILES string of the molecule is Cc1ccc(OCC(=O)Nc2cccc(Oc3ccccc3)c2)cn1. The fourth-order valence-corrected chi connectivity index (χ4v) is 2.15. The number of pyridine rings is 1. The second kappa shape index (κ2) is 7.97. The zero-order valence-corrected chi connectivity index (χ0v) is 13.8. The Hall–Kier alpha value is -3.34. The molecule has 0 aliphatic rings. The first-order chi connectivity index (χ1) is 12.2. The van der Waals surface area contributed by atoms with Crippen LogP contribution in [-0.4, -0.2) is 17.5 Å². The summed E-state index contributed by atoms with van der Waals surface area (Å²) in [4.78, 5) is 16.1. The topological polar surface area (TPSA) is 60.5 Å². The largest absolute Gasteiger partial charge is 0.482 e. The van der Waals surface area contributed by atoms with Gasteiger partial charge in [0.2, 0.25) is 0 Å². The van der Waals surface area contributed by atoms with Crippen molar-refractivity contribution in [3.63, 3.8) is 0 Å². The molecule has 0 aliphatic heterocycles. The molecule has 0 saturated carbocycles. The number of anilines is 1. The lowest BCUT2D eigenvalue weighted by molar-refractivity contribution is -0.118. The van der Waals surface area contributed by atoms with Gasteiger partial charge in [0.05, 0.1) is 6.20 Å². The first kappa shape index (κ1) is 16.5. The van der Waals surface area contributed by atoms with Crippen molar-refractivity contribution in [1.82, 2.24) is 4.98 Å². The van der Waals surface area contributed by atoms with Crippen LogP contribution in [0, 0.1) is 6.92 Å².